The first-order valence-electron chi connectivity index (χ1n) is 20.8. The van der Waals surface area contributed by atoms with Gasteiger partial charge in [0.25, 0.3) is 0 Å². The Morgan fingerprint density at radius 2 is 1.49 bits per heavy atom. The Labute approximate surface area is 327 Å². The van der Waals surface area contributed by atoms with E-state index in [9.17, 15) is 46.0 Å². The number of aliphatic hydroxyl groups is 9. The van der Waals surface area contributed by atoms with Gasteiger partial charge in [-0.2, -0.15) is 0 Å². The third kappa shape index (κ3) is 7.10. The van der Waals surface area contributed by atoms with Crippen LogP contribution in [0.4, 0.5) is 0 Å². The predicted molar refractivity (Wildman–Crippen MR) is 201 cm³/mol. The van der Waals surface area contributed by atoms with Gasteiger partial charge in [-0.3, -0.25) is 0 Å². The quantitative estimate of drug-likeness (QED) is 0.121. The number of fused-ring (bicyclic) bond motifs is 5. The van der Waals surface area contributed by atoms with Gasteiger partial charge in [0.2, 0.25) is 0 Å². The van der Waals surface area contributed by atoms with Gasteiger partial charge in [0, 0.05) is 0 Å². The maximum absolute atomic E-state index is 12.3. The maximum atomic E-state index is 12.3. The summed E-state index contributed by atoms with van der Waals surface area (Å²) in [7, 11) is 0. The molecule has 0 aromatic heterocycles. The van der Waals surface area contributed by atoms with E-state index in [1.807, 2.05) is 20.8 Å². The van der Waals surface area contributed by atoms with Crippen LogP contribution in [0.1, 0.15) is 114 Å². The van der Waals surface area contributed by atoms with Gasteiger partial charge in [0.15, 0.2) is 12.6 Å². The Morgan fingerprint density at radius 1 is 0.818 bits per heavy atom. The summed E-state index contributed by atoms with van der Waals surface area (Å²) in [6, 6.07) is 0. The van der Waals surface area contributed by atoms with Crippen molar-refractivity contribution in [2.24, 2.45) is 45.3 Å². The largest absolute Gasteiger partial charge is 0.394 e. The Balaban J connectivity index is 1.38. The first-order chi connectivity index (χ1) is 25.5. The minimum atomic E-state index is -1.70. The first-order valence-corrected chi connectivity index (χ1v) is 20.8. The van der Waals surface area contributed by atoms with Crippen molar-refractivity contribution < 1.29 is 64.9 Å². The second-order valence-electron chi connectivity index (χ2n) is 20.3. The molecule has 0 amide bonds. The van der Waals surface area contributed by atoms with E-state index >= 15 is 0 Å². The molecule has 0 aromatic rings. The molecule has 13 nitrogen and oxygen atoms in total. The van der Waals surface area contributed by atoms with Crippen molar-refractivity contribution >= 4 is 0 Å². The maximum Gasteiger partial charge on any atom is 0.187 e. The third-order valence-corrected chi connectivity index (χ3v) is 16.5. The first kappa shape index (κ1) is 43.8. The number of aliphatic hydroxyl groups excluding tert-OH is 8. The highest BCUT2D eigenvalue weighted by molar-refractivity contribution is 5.22. The van der Waals surface area contributed by atoms with Crippen molar-refractivity contribution in [1.82, 2.24) is 0 Å². The van der Waals surface area contributed by atoms with Gasteiger partial charge in [0.05, 0.1) is 36.6 Å². The Morgan fingerprint density at radius 3 is 2.13 bits per heavy atom. The van der Waals surface area contributed by atoms with E-state index in [4.69, 9.17) is 18.9 Å². The monoisotopic (exact) mass is 784 g/mol. The molecule has 2 heterocycles. The van der Waals surface area contributed by atoms with Crippen molar-refractivity contribution in [3.05, 3.63) is 11.6 Å². The zero-order valence-electron chi connectivity index (χ0n) is 34.4. The van der Waals surface area contributed by atoms with Gasteiger partial charge in [0.1, 0.15) is 42.7 Å². The number of hydrogen-bond donors (Lipinski definition) is 9. The minimum Gasteiger partial charge on any atom is -0.394 e. The van der Waals surface area contributed by atoms with Crippen LogP contribution in [0.5, 0.6) is 0 Å². The molecule has 6 rings (SSSR count). The van der Waals surface area contributed by atoms with E-state index < -0.39 is 114 Å². The molecule has 21 atom stereocenters. The van der Waals surface area contributed by atoms with Crippen LogP contribution < -0.4 is 0 Å². The van der Waals surface area contributed by atoms with Gasteiger partial charge < -0.3 is 64.9 Å². The third-order valence-electron chi connectivity index (χ3n) is 16.5. The Bertz CT molecular complexity index is 1390. The molecule has 2 aliphatic heterocycles. The molecule has 6 aliphatic rings. The molecule has 4 aliphatic carbocycles. The lowest BCUT2D eigenvalue weighted by molar-refractivity contribution is -0.382. The van der Waals surface area contributed by atoms with Crippen molar-refractivity contribution in [2.75, 3.05) is 6.61 Å². The summed E-state index contributed by atoms with van der Waals surface area (Å²) in [5, 5.41) is 100. The highest BCUT2D eigenvalue weighted by atomic mass is 16.8. The van der Waals surface area contributed by atoms with Crippen LogP contribution in [0.25, 0.3) is 0 Å². The SMILES string of the molecule is CC(C)=CCC[C@@](C)(O)[C@@H]1CC[C@@]2(C)[C@H]1[C@@H](O)C[C@H]1[C@]3(C)CC[C@@H](O)C(C)(C)[C@H]3[C@H](O[C@H]3O[C@@H](CO)[C@H](O)[C@@H](O)[C@H]3O[C@H]3O[C@H](C)[C@@H](O)[C@H](O)[C@@H]3O)C[C@@]12C. The Kier molecular flexibility index (Phi) is 12.2. The van der Waals surface area contributed by atoms with Crippen molar-refractivity contribution in [3.8, 4) is 0 Å². The number of allylic oxidation sites excluding steroid dienone is 2. The average Bonchev–Trinajstić information content (AvgIpc) is 3.49. The highest BCUT2D eigenvalue weighted by Crippen LogP contribution is 2.76. The van der Waals surface area contributed by atoms with E-state index in [2.05, 4.69) is 40.7 Å². The van der Waals surface area contributed by atoms with Gasteiger partial charge in [-0.15, -0.1) is 0 Å². The average molecular weight is 785 g/mol. The molecule has 0 radical (unpaired) electrons. The van der Waals surface area contributed by atoms with Crippen LogP contribution in [0, 0.1) is 45.3 Å². The van der Waals surface area contributed by atoms with E-state index in [1.54, 1.807) is 0 Å². The fourth-order valence-corrected chi connectivity index (χ4v) is 13.3. The van der Waals surface area contributed by atoms with Gasteiger partial charge in [-0.25, -0.2) is 0 Å². The molecule has 0 bridgehead atoms. The predicted octanol–water partition coefficient (Wildman–Crippen LogP) is 2.15. The summed E-state index contributed by atoms with van der Waals surface area (Å²) in [5.74, 6) is -0.526. The van der Waals surface area contributed by atoms with Crippen LogP contribution >= 0.6 is 0 Å². The lowest BCUT2D eigenvalue weighted by atomic mass is 9.34. The summed E-state index contributed by atoms with van der Waals surface area (Å²) in [6.45, 7) is 17.8. The fourth-order valence-electron chi connectivity index (χ4n) is 13.3. The van der Waals surface area contributed by atoms with Crippen LogP contribution in [-0.4, -0.2) is 138 Å². The molecule has 13 heteroatoms. The van der Waals surface area contributed by atoms with Crippen LogP contribution in [0.15, 0.2) is 11.6 Å². The van der Waals surface area contributed by atoms with Crippen molar-refractivity contribution in [3.63, 3.8) is 0 Å². The molecular weight excluding hydrogens is 712 g/mol. The molecule has 318 valence electrons. The van der Waals surface area contributed by atoms with Gasteiger partial charge in [-0.05, 0) is 124 Å². The number of ether oxygens (including phenoxy) is 4. The van der Waals surface area contributed by atoms with E-state index in [0.717, 1.165) is 19.3 Å². The highest BCUT2D eigenvalue weighted by Gasteiger charge is 2.73. The number of rotatable bonds is 9. The molecule has 9 N–H and O–H groups in total. The minimum absolute atomic E-state index is 0.0411. The zero-order valence-corrected chi connectivity index (χ0v) is 34.4. The second kappa shape index (κ2) is 15.4. The lowest BCUT2D eigenvalue weighted by Crippen LogP contribution is -2.71. The summed E-state index contributed by atoms with van der Waals surface area (Å²) >= 11 is 0. The standard InChI is InChI=1S/C42H72O13/c1-20(2)11-10-14-42(9,51)22-12-16-40(7)28(22)23(44)17-26-39(6)15-13-27(45)38(4,5)35(39)24(18-41(26,40)8)53-37-34(32(49)30(47)25(19-43)54-37)55-36-33(50)31(48)29(46)21(3)52-36/h11,21-37,43-51H,10,12-19H2,1-9H3/t21-,22-,23+,24-,25+,26+,27-,28-,29-,30+,31+,32-,33+,34-,35-,36-,37+,39+,40+,41+,42-/m1/s1. The molecule has 4 saturated carbocycles. The molecular formula is C42H72O13. The van der Waals surface area contributed by atoms with E-state index in [1.165, 1.54) is 12.5 Å². The summed E-state index contributed by atoms with van der Waals surface area (Å²) in [4.78, 5) is 0. The van der Waals surface area contributed by atoms with Gasteiger partial charge >= 0.3 is 0 Å². The van der Waals surface area contributed by atoms with Crippen LogP contribution in [0.2, 0.25) is 0 Å². The zero-order chi connectivity index (χ0) is 40.8. The Hall–Kier alpha value is -0.780. The molecule has 0 spiro atoms. The molecule has 0 aromatic carbocycles. The molecule has 0 unspecified atom stereocenters. The summed E-state index contributed by atoms with van der Waals surface area (Å²) < 4.78 is 25.1. The normalized spacial score (nSPS) is 53.4. The molecule has 6 fully saturated rings. The molecule has 55 heavy (non-hydrogen) atoms. The summed E-state index contributed by atoms with van der Waals surface area (Å²) in [5.41, 5.74) is -1.71. The smallest absolute Gasteiger partial charge is 0.187 e. The second-order valence-corrected chi connectivity index (χ2v) is 20.3. The fraction of sp³-hybridized carbons (Fsp3) is 0.952. The number of hydrogen-bond acceptors (Lipinski definition) is 13. The summed E-state index contributed by atoms with van der Waals surface area (Å²) in [6.07, 6.45) is -8.99. The lowest BCUT2D eigenvalue weighted by Gasteiger charge is -2.72. The molecule has 2 saturated heterocycles. The van der Waals surface area contributed by atoms with Crippen LogP contribution in [0.3, 0.4) is 0 Å². The van der Waals surface area contributed by atoms with E-state index in [-0.39, 0.29) is 23.7 Å². The topological polar surface area (TPSA) is 219 Å². The van der Waals surface area contributed by atoms with Crippen molar-refractivity contribution in [2.45, 2.75) is 199 Å². The van der Waals surface area contributed by atoms with E-state index in [0.29, 0.717) is 32.1 Å². The van der Waals surface area contributed by atoms with Crippen molar-refractivity contribution in [1.29, 1.82) is 0 Å². The van der Waals surface area contributed by atoms with Crippen LogP contribution in [-0.2, 0) is 18.9 Å². The van der Waals surface area contributed by atoms with Gasteiger partial charge in [-0.1, -0.05) is 46.3 Å².